The van der Waals surface area contributed by atoms with E-state index in [0.717, 1.165) is 12.0 Å². The molecule has 1 amide bonds. The van der Waals surface area contributed by atoms with Gasteiger partial charge in [-0.1, -0.05) is 70.0 Å². The summed E-state index contributed by atoms with van der Waals surface area (Å²) in [5.74, 6) is 0.0757. The SMILES string of the molecule is Cc1cccc(CC(=O)NC2c3ccccc3CC2Br)c1. The number of amides is 1. The fourth-order valence-corrected chi connectivity index (χ4v) is 3.71. The highest BCUT2D eigenvalue weighted by atomic mass is 79.9. The Morgan fingerprint density at radius 1 is 1.24 bits per heavy atom. The predicted octanol–water partition coefficient (Wildman–Crippen LogP) is 3.71. The van der Waals surface area contributed by atoms with E-state index in [2.05, 4.69) is 45.5 Å². The van der Waals surface area contributed by atoms with Crippen LogP contribution in [0.5, 0.6) is 0 Å². The molecule has 0 spiro atoms. The Morgan fingerprint density at radius 3 is 2.86 bits per heavy atom. The molecule has 108 valence electrons. The van der Waals surface area contributed by atoms with E-state index in [-0.39, 0.29) is 16.8 Å². The van der Waals surface area contributed by atoms with Crippen molar-refractivity contribution in [3.05, 3.63) is 70.8 Å². The minimum absolute atomic E-state index is 0.0681. The van der Waals surface area contributed by atoms with Crippen molar-refractivity contribution >= 4 is 21.8 Å². The lowest BCUT2D eigenvalue weighted by Crippen LogP contribution is -2.32. The van der Waals surface area contributed by atoms with Gasteiger partial charge in [0.25, 0.3) is 0 Å². The van der Waals surface area contributed by atoms with Crippen molar-refractivity contribution in [3.8, 4) is 0 Å². The molecule has 0 heterocycles. The van der Waals surface area contributed by atoms with Crippen molar-refractivity contribution in [2.24, 2.45) is 0 Å². The molecule has 2 atom stereocenters. The average molecular weight is 344 g/mol. The van der Waals surface area contributed by atoms with Gasteiger partial charge in [0, 0.05) is 4.83 Å². The molecule has 0 bridgehead atoms. The van der Waals surface area contributed by atoms with E-state index < -0.39 is 0 Å². The number of halogens is 1. The highest BCUT2D eigenvalue weighted by molar-refractivity contribution is 9.09. The molecule has 2 aromatic carbocycles. The van der Waals surface area contributed by atoms with Crippen molar-refractivity contribution < 1.29 is 4.79 Å². The smallest absolute Gasteiger partial charge is 0.224 e. The maximum atomic E-state index is 12.3. The van der Waals surface area contributed by atoms with Crippen molar-refractivity contribution in [1.29, 1.82) is 0 Å². The van der Waals surface area contributed by atoms with Gasteiger partial charge in [0.2, 0.25) is 5.91 Å². The summed E-state index contributed by atoms with van der Waals surface area (Å²) < 4.78 is 0. The fraction of sp³-hybridized carbons (Fsp3) is 0.278. The van der Waals surface area contributed by atoms with Crippen LogP contribution in [-0.2, 0) is 17.6 Å². The molecule has 2 aromatic rings. The average Bonchev–Trinajstić information content (AvgIpc) is 2.75. The van der Waals surface area contributed by atoms with Crippen LogP contribution < -0.4 is 5.32 Å². The van der Waals surface area contributed by atoms with Gasteiger partial charge in [0.05, 0.1) is 12.5 Å². The molecule has 3 rings (SSSR count). The third-order valence-corrected chi connectivity index (χ3v) is 4.78. The molecule has 0 aromatic heterocycles. The monoisotopic (exact) mass is 343 g/mol. The third kappa shape index (κ3) is 3.18. The molecule has 0 saturated heterocycles. The van der Waals surface area contributed by atoms with Gasteiger partial charge in [-0.2, -0.15) is 0 Å². The van der Waals surface area contributed by atoms with Crippen LogP contribution in [0.3, 0.4) is 0 Å². The van der Waals surface area contributed by atoms with Crippen LogP contribution in [0.25, 0.3) is 0 Å². The summed E-state index contributed by atoms with van der Waals surface area (Å²) >= 11 is 3.70. The number of carbonyl (C=O) groups is 1. The van der Waals surface area contributed by atoms with Crippen molar-refractivity contribution in [2.45, 2.75) is 30.6 Å². The second kappa shape index (κ2) is 6.02. The van der Waals surface area contributed by atoms with E-state index in [1.165, 1.54) is 16.7 Å². The molecule has 2 nitrogen and oxygen atoms in total. The minimum atomic E-state index is 0.0681. The molecular formula is C18H18BrNO. The normalized spacial score (nSPS) is 20.1. The van der Waals surface area contributed by atoms with Crippen LogP contribution in [0.1, 0.15) is 28.3 Å². The number of rotatable bonds is 3. The van der Waals surface area contributed by atoms with Gasteiger partial charge in [-0.25, -0.2) is 0 Å². The van der Waals surface area contributed by atoms with E-state index in [1.54, 1.807) is 0 Å². The molecule has 21 heavy (non-hydrogen) atoms. The van der Waals surface area contributed by atoms with Crippen LogP contribution in [0.2, 0.25) is 0 Å². The second-order valence-electron chi connectivity index (χ2n) is 5.63. The lowest BCUT2D eigenvalue weighted by Gasteiger charge is -2.18. The largest absolute Gasteiger partial charge is 0.348 e. The molecule has 3 heteroatoms. The van der Waals surface area contributed by atoms with E-state index in [4.69, 9.17) is 0 Å². The summed E-state index contributed by atoms with van der Waals surface area (Å²) in [7, 11) is 0. The van der Waals surface area contributed by atoms with Crippen molar-refractivity contribution in [1.82, 2.24) is 5.32 Å². The quantitative estimate of drug-likeness (QED) is 0.845. The highest BCUT2D eigenvalue weighted by Gasteiger charge is 2.31. The zero-order chi connectivity index (χ0) is 14.8. The number of aryl methyl sites for hydroxylation is 1. The molecular weight excluding hydrogens is 326 g/mol. The minimum Gasteiger partial charge on any atom is -0.348 e. The van der Waals surface area contributed by atoms with Gasteiger partial charge in [-0.05, 0) is 30.0 Å². The first-order valence-corrected chi connectivity index (χ1v) is 8.12. The Labute approximate surface area is 133 Å². The lowest BCUT2D eigenvalue weighted by atomic mass is 10.1. The Morgan fingerprint density at radius 2 is 2.05 bits per heavy atom. The fourth-order valence-electron chi connectivity index (χ4n) is 2.95. The van der Waals surface area contributed by atoms with Gasteiger partial charge in [0.15, 0.2) is 0 Å². The van der Waals surface area contributed by atoms with Gasteiger partial charge < -0.3 is 5.32 Å². The molecule has 1 aliphatic carbocycles. The number of nitrogens with one attached hydrogen (secondary N) is 1. The van der Waals surface area contributed by atoms with Gasteiger partial charge in [-0.15, -0.1) is 0 Å². The number of hydrogen-bond donors (Lipinski definition) is 1. The Bertz CT molecular complexity index is 668. The number of alkyl halides is 1. The molecule has 2 unspecified atom stereocenters. The summed E-state index contributed by atoms with van der Waals surface area (Å²) in [6.07, 6.45) is 1.39. The molecule has 0 radical (unpaired) electrons. The Balaban J connectivity index is 1.70. The third-order valence-electron chi connectivity index (χ3n) is 3.93. The molecule has 0 fully saturated rings. The first kappa shape index (κ1) is 14.3. The first-order valence-electron chi connectivity index (χ1n) is 7.20. The summed E-state index contributed by atoms with van der Waals surface area (Å²) in [4.78, 5) is 12.6. The number of hydrogen-bond acceptors (Lipinski definition) is 1. The summed E-state index contributed by atoms with van der Waals surface area (Å²) in [5.41, 5.74) is 4.80. The maximum absolute atomic E-state index is 12.3. The predicted molar refractivity (Wildman–Crippen MR) is 88.6 cm³/mol. The first-order chi connectivity index (χ1) is 10.1. The lowest BCUT2D eigenvalue weighted by molar-refractivity contribution is -0.121. The summed E-state index contributed by atoms with van der Waals surface area (Å²) in [6.45, 7) is 2.04. The van der Waals surface area contributed by atoms with Gasteiger partial charge >= 0.3 is 0 Å². The van der Waals surface area contributed by atoms with E-state index in [1.807, 2.05) is 31.2 Å². The van der Waals surface area contributed by atoms with Crippen LogP contribution in [-0.4, -0.2) is 10.7 Å². The zero-order valence-electron chi connectivity index (χ0n) is 12.0. The van der Waals surface area contributed by atoms with Crippen molar-refractivity contribution in [2.75, 3.05) is 0 Å². The number of carbonyl (C=O) groups excluding carboxylic acids is 1. The molecule has 0 saturated carbocycles. The Kier molecular flexibility index (Phi) is 4.11. The second-order valence-corrected chi connectivity index (χ2v) is 6.81. The van der Waals surface area contributed by atoms with Gasteiger partial charge in [-0.3, -0.25) is 4.79 Å². The van der Waals surface area contributed by atoms with E-state index >= 15 is 0 Å². The number of fused-ring (bicyclic) bond motifs is 1. The van der Waals surface area contributed by atoms with Crippen LogP contribution >= 0.6 is 15.9 Å². The molecule has 1 aliphatic rings. The van der Waals surface area contributed by atoms with Crippen molar-refractivity contribution in [3.63, 3.8) is 0 Å². The summed E-state index contributed by atoms with van der Waals surface area (Å²) in [6, 6.07) is 16.5. The van der Waals surface area contributed by atoms with E-state index in [0.29, 0.717) is 6.42 Å². The topological polar surface area (TPSA) is 29.1 Å². The van der Waals surface area contributed by atoms with Crippen LogP contribution in [0, 0.1) is 6.92 Å². The zero-order valence-corrected chi connectivity index (χ0v) is 13.6. The highest BCUT2D eigenvalue weighted by Crippen LogP contribution is 2.35. The standard InChI is InChI=1S/C18H18BrNO/c1-12-5-4-6-13(9-12)10-17(21)20-18-15-8-3-2-7-14(15)11-16(18)19/h2-9,16,18H,10-11H2,1H3,(H,20,21). The summed E-state index contributed by atoms with van der Waals surface area (Å²) in [5, 5.41) is 3.17. The van der Waals surface area contributed by atoms with E-state index in [9.17, 15) is 4.79 Å². The maximum Gasteiger partial charge on any atom is 0.224 e. The molecule has 0 aliphatic heterocycles. The number of benzene rings is 2. The van der Waals surface area contributed by atoms with Gasteiger partial charge in [0.1, 0.15) is 0 Å². The van der Waals surface area contributed by atoms with Crippen LogP contribution in [0.4, 0.5) is 0 Å². The molecule has 1 N–H and O–H groups in total. The van der Waals surface area contributed by atoms with Crippen LogP contribution in [0.15, 0.2) is 48.5 Å². The Hall–Kier alpha value is -1.61.